The summed E-state index contributed by atoms with van der Waals surface area (Å²) in [6, 6.07) is 0. The van der Waals surface area contributed by atoms with E-state index in [0.717, 1.165) is 25.9 Å². The van der Waals surface area contributed by atoms with Crippen LogP contribution in [-0.4, -0.2) is 53.7 Å². The van der Waals surface area contributed by atoms with Crippen LogP contribution in [0.25, 0.3) is 0 Å². The van der Waals surface area contributed by atoms with Crippen molar-refractivity contribution >= 4 is 6.09 Å². The van der Waals surface area contributed by atoms with Crippen molar-refractivity contribution < 1.29 is 9.90 Å². The Kier molecular flexibility index (Phi) is 4.04. The fraction of sp³-hybridized carbons (Fsp3) is 0.917. The van der Waals surface area contributed by atoms with Crippen LogP contribution >= 0.6 is 0 Å². The van der Waals surface area contributed by atoms with Crippen LogP contribution in [0.2, 0.25) is 0 Å². The number of amides is 1. The largest absolute Gasteiger partial charge is 0.465 e. The van der Waals surface area contributed by atoms with Crippen LogP contribution in [0.3, 0.4) is 0 Å². The first kappa shape index (κ1) is 11.7. The SMILES string of the molecule is O=C(O)N1CCC(CN2CCCCC2)CC1. The van der Waals surface area contributed by atoms with Gasteiger partial charge in [0.2, 0.25) is 0 Å². The van der Waals surface area contributed by atoms with E-state index in [2.05, 4.69) is 4.90 Å². The summed E-state index contributed by atoms with van der Waals surface area (Å²) in [5, 5.41) is 8.86. The second-order valence-electron chi connectivity index (χ2n) is 5.07. The van der Waals surface area contributed by atoms with E-state index in [1.54, 1.807) is 4.90 Å². The molecule has 92 valence electrons. The summed E-state index contributed by atoms with van der Waals surface area (Å²) in [6.07, 6.45) is 5.40. The molecule has 2 saturated heterocycles. The molecule has 2 aliphatic rings. The molecule has 2 heterocycles. The highest BCUT2D eigenvalue weighted by molar-refractivity contribution is 5.64. The molecule has 0 bridgehead atoms. The number of carboxylic acid groups (broad SMARTS) is 1. The highest BCUT2D eigenvalue weighted by Crippen LogP contribution is 2.20. The lowest BCUT2D eigenvalue weighted by molar-refractivity contribution is 0.109. The monoisotopic (exact) mass is 226 g/mol. The summed E-state index contributed by atoms with van der Waals surface area (Å²) >= 11 is 0. The third kappa shape index (κ3) is 3.11. The average molecular weight is 226 g/mol. The maximum Gasteiger partial charge on any atom is 0.407 e. The van der Waals surface area contributed by atoms with Gasteiger partial charge in [-0.25, -0.2) is 4.79 Å². The number of hydrogen-bond donors (Lipinski definition) is 1. The maximum atomic E-state index is 10.8. The van der Waals surface area contributed by atoms with Crippen molar-refractivity contribution in [2.45, 2.75) is 32.1 Å². The number of hydrogen-bond acceptors (Lipinski definition) is 2. The van der Waals surface area contributed by atoms with Gasteiger partial charge in [-0.15, -0.1) is 0 Å². The van der Waals surface area contributed by atoms with Crippen LogP contribution < -0.4 is 0 Å². The Balaban J connectivity index is 1.70. The lowest BCUT2D eigenvalue weighted by Crippen LogP contribution is -2.42. The first-order valence-electron chi connectivity index (χ1n) is 6.46. The van der Waals surface area contributed by atoms with E-state index in [0.29, 0.717) is 5.92 Å². The minimum atomic E-state index is -0.753. The van der Waals surface area contributed by atoms with Crippen LogP contribution in [0.5, 0.6) is 0 Å². The van der Waals surface area contributed by atoms with Crippen molar-refractivity contribution in [3.63, 3.8) is 0 Å². The lowest BCUT2D eigenvalue weighted by Gasteiger charge is -2.35. The van der Waals surface area contributed by atoms with Crippen molar-refractivity contribution in [1.29, 1.82) is 0 Å². The van der Waals surface area contributed by atoms with Crippen LogP contribution in [0.4, 0.5) is 4.79 Å². The van der Waals surface area contributed by atoms with Gasteiger partial charge < -0.3 is 14.9 Å². The van der Waals surface area contributed by atoms with Gasteiger partial charge in [-0.05, 0) is 44.7 Å². The predicted molar refractivity (Wildman–Crippen MR) is 62.6 cm³/mol. The topological polar surface area (TPSA) is 43.8 Å². The molecule has 0 aromatic rings. The summed E-state index contributed by atoms with van der Waals surface area (Å²) in [5.41, 5.74) is 0. The van der Waals surface area contributed by atoms with Crippen molar-refractivity contribution in [2.75, 3.05) is 32.7 Å². The Morgan fingerprint density at radius 3 is 2.25 bits per heavy atom. The molecule has 4 nitrogen and oxygen atoms in total. The standard InChI is InChI=1S/C12H22N2O2/c15-12(16)14-8-4-11(5-9-14)10-13-6-2-1-3-7-13/h11H,1-10H2,(H,15,16). The van der Waals surface area contributed by atoms with E-state index in [1.165, 1.54) is 38.9 Å². The van der Waals surface area contributed by atoms with E-state index >= 15 is 0 Å². The highest BCUT2D eigenvalue weighted by atomic mass is 16.4. The molecule has 2 fully saturated rings. The fourth-order valence-electron chi connectivity index (χ4n) is 2.81. The molecule has 4 heteroatoms. The smallest absolute Gasteiger partial charge is 0.407 e. The zero-order valence-corrected chi connectivity index (χ0v) is 9.90. The van der Waals surface area contributed by atoms with Crippen molar-refractivity contribution in [1.82, 2.24) is 9.80 Å². The van der Waals surface area contributed by atoms with E-state index in [9.17, 15) is 4.79 Å². The van der Waals surface area contributed by atoms with Gasteiger partial charge in [0.05, 0.1) is 0 Å². The van der Waals surface area contributed by atoms with Crippen molar-refractivity contribution in [2.24, 2.45) is 5.92 Å². The Labute approximate surface area is 97.2 Å². The molecule has 0 saturated carbocycles. The third-order valence-corrected chi connectivity index (χ3v) is 3.85. The Morgan fingerprint density at radius 1 is 1.06 bits per heavy atom. The predicted octanol–water partition coefficient (Wildman–Crippen LogP) is 1.86. The molecule has 0 aromatic heterocycles. The lowest BCUT2D eigenvalue weighted by atomic mass is 9.95. The normalized spacial score (nSPS) is 24.6. The van der Waals surface area contributed by atoms with Crippen LogP contribution in [0, 0.1) is 5.92 Å². The molecule has 1 N–H and O–H groups in total. The molecule has 0 atom stereocenters. The van der Waals surface area contributed by atoms with Gasteiger partial charge in [-0.2, -0.15) is 0 Å². The first-order valence-corrected chi connectivity index (χ1v) is 6.46. The minimum Gasteiger partial charge on any atom is -0.465 e. The molecule has 1 amide bonds. The minimum absolute atomic E-state index is 0.716. The third-order valence-electron chi connectivity index (χ3n) is 3.85. The van der Waals surface area contributed by atoms with E-state index in [-0.39, 0.29) is 0 Å². The molecule has 0 radical (unpaired) electrons. The van der Waals surface area contributed by atoms with Gasteiger partial charge in [-0.3, -0.25) is 0 Å². The van der Waals surface area contributed by atoms with Gasteiger partial charge >= 0.3 is 6.09 Å². The Morgan fingerprint density at radius 2 is 1.69 bits per heavy atom. The highest BCUT2D eigenvalue weighted by Gasteiger charge is 2.24. The summed E-state index contributed by atoms with van der Waals surface area (Å²) in [4.78, 5) is 14.9. The zero-order chi connectivity index (χ0) is 11.4. The van der Waals surface area contributed by atoms with Gasteiger partial charge in [0.1, 0.15) is 0 Å². The molecule has 16 heavy (non-hydrogen) atoms. The van der Waals surface area contributed by atoms with Gasteiger partial charge in [-0.1, -0.05) is 6.42 Å². The van der Waals surface area contributed by atoms with Gasteiger partial charge in [0.15, 0.2) is 0 Å². The number of carbonyl (C=O) groups is 1. The van der Waals surface area contributed by atoms with Crippen molar-refractivity contribution in [3.05, 3.63) is 0 Å². The van der Waals surface area contributed by atoms with E-state index in [1.807, 2.05) is 0 Å². The quantitative estimate of drug-likeness (QED) is 0.781. The molecule has 0 spiro atoms. The number of likely N-dealkylation sites (tertiary alicyclic amines) is 2. The van der Waals surface area contributed by atoms with Gasteiger partial charge in [0.25, 0.3) is 0 Å². The summed E-state index contributed by atoms with van der Waals surface area (Å²) in [6.45, 7) is 5.15. The van der Waals surface area contributed by atoms with Gasteiger partial charge in [0, 0.05) is 19.6 Å². The molecule has 0 aromatic carbocycles. The number of piperidine rings is 2. The first-order chi connectivity index (χ1) is 7.75. The number of rotatable bonds is 2. The maximum absolute atomic E-state index is 10.8. The fourth-order valence-corrected chi connectivity index (χ4v) is 2.81. The van der Waals surface area contributed by atoms with E-state index < -0.39 is 6.09 Å². The molecule has 2 aliphatic heterocycles. The summed E-state index contributed by atoms with van der Waals surface area (Å²) in [5.74, 6) is 0.716. The van der Waals surface area contributed by atoms with Crippen LogP contribution in [0.15, 0.2) is 0 Å². The molecule has 0 aliphatic carbocycles. The Hall–Kier alpha value is -0.770. The second-order valence-corrected chi connectivity index (χ2v) is 5.07. The average Bonchev–Trinajstić information content (AvgIpc) is 2.31. The summed E-state index contributed by atoms with van der Waals surface area (Å²) < 4.78 is 0. The zero-order valence-electron chi connectivity index (χ0n) is 9.90. The number of nitrogens with zero attached hydrogens (tertiary/aromatic N) is 2. The Bertz CT molecular complexity index is 231. The summed E-state index contributed by atoms with van der Waals surface area (Å²) in [7, 11) is 0. The van der Waals surface area contributed by atoms with Crippen molar-refractivity contribution in [3.8, 4) is 0 Å². The second kappa shape index (κ2) is 5.53. The van der Waals surface area contributed by atoms with Crippen LogP contribution in [-0.2, 0) is 0 Å². The molecular weight excluding hydrogens is 204 g/mol. The molecule has 0 unspecified atom stereocenters. The molecule has 2 rings (SSSR count). The molecular formula is C12H22N2O2. The van der Waals surface area contributed by atoms with Crippen LogP contribution in [0.1, 0.15) is 32.1 Å². The van der Waals surface area contributed by atoms with E-state index in [4.69, 9.17) is 5.11 Å².